The van der Waals surface area contributed by atoms with Crippen LogP contribution in [0.15, 0.2) is 35.2 Å². The zero-order valence-electron chi connectivity index (χ0n) is 12.5. The van der Waals surface area contributed by atoms with Crippen LogP contribution in [-0.2, 0) is 11.2 Å². The molecule has 114 valence electrons. The predicted octanol–water partition coefficient (Wildman–Crippen LogP) is 1.84. The number of aryl methyl sites for hydroxylation is 1. The molecule has 0 spiro atoms. The summed E-state index contributed by atoms with van der Waals surface area (Å²) < 4.78 is 6.90. The van der Waals surface area contributed by atoms with Crippen molar-refractivity contribution in [2.75, 3.05) is 0 Å². The van der Waals surface area contributed by atoms with Gasteiger partial charge in [0.05, 0.1) is 23.9 Å². The van der Waals surface area contributed by atoms with Gasteiger partial charge in [-0.15, -0.1) is 0 Å². The average molecular weight is 299 g/mol. The van der Waals surface area contributed by atoms with Crippen LogP contribution in [0, 0.1) is 6.92 Å². The number of carbonyl (C=O) groups excluding carboxylic acids is 1. The molecule has 3 heterocycles. The molecule has 1 N–H and O–H groups in total. The Kier molecular flexibility index (Phi) is 3.86. The lowest BCUT2D eigenvalue weighted by Crippen LogP contribution is -2.29. The van der Waals surface area contributed by atoms with Gasteiger partial charge in [-0.05, 0) is 19.4 Å². The van der Waals surface area contributed by atoms with Gasteiger partial charge in [0.1, 0.15) is 5.76 Å². The van der Waals surface area contributed by atoms with E-state index in [-0.39, 0.29) is 18.4 Å². The van der Waals surface area contributed by atoms with Crippen molar-refractivity contribution in [3.8, 4) is 0 Å². The van der Waals surface area contributed by atoms with Crippen molar-refractivity contribution in [1.29, 1.82) is 0 Å². The molecule has 0 radical (unpaired) electrons. The van der Waals surface area contributed by atoms with Gasteiger partial charge in [0, 0.05) is 24.7 Å². The number of imidazole rings is 1. The second kappa shape index (κ2) is 5.97. The molecule has 0 aliphatic rings. The normalized spacial score (nSPS) is 12.5. The largest absolute Gasteiger partial charge is 0.361 e. The van der Waals surface area contributed by atoms with Crippen LogP contribution in [0.5, 0.6) is 0 Å². The topological polar surface area (TPSA) is 85.3 Å². The molecule has 1 unspecified atom stereocenters. The van der Waals surface area contributed by atoms with Crippen molar-refractivity contribution in [2.45, 2.75) is 32.7 Å². The molecular formula is C15H17N5O2. The number of nitrogens with one attached hydrogen (secondary N) is 1. The maximum atomic E-state index is 12.1. The number of hydrogen-bond acceptors (Lipinski definition) is 5. The van der Waals surface area contributed by atoms with Crippen LogP contribution >= 0.6 is 0 Å². The maximum Gasteiger partial charge on any atom is 0.233 e. The Balaban J connectivity index is 1.72. The molecule has 22 heavy (non-hydrogen) atoms. The van der Waals surface area contributed by atoms with E-state index in [0.29, 0.717) is 11.5 Å². The van der Waals surface area contributed by atoms with Crippen LogP contribution in [0.3, 0.4) is 0 Å². The molecule has 0 aromatic carbocycles. The first-order valence-corrected chi connectivity index (χ1v) is 7.17. The lowest BCUT2D eigenvalue weighted by molar-refractivity contribution is -0.121. The number of amides is 1. The van der Waals surface area contributed by atoms with Gasteiger partial charge in [-0.2, -0.15) is 0 Å². The molecule has 0 saturated carbocycles. The Morgan fingerprint density at radius 2 is 2.36 bits per heavy atom. The molecule has 7 heteroatoms. The molecule has 1 amide bonds. The third-order valence-electron chi connectivity index (χ3n) is 3.37. The van der Waals surface area contributed by atoms with E-state index in [4.69, 9.17) is 4.52 Å². The van der Waals surface area contributed by atoms with E-state index in [1.807, 2.05) is 36.7 Å². The van der Waals surface area contributed by atoms with Crippen LogP contribution in [0.2, 0.25) is 0 Å². The fourth-order valence-corrected chi connectivity index (χ4v) is 2.30. The van der Waals surface area contributed by atoms with E-state index in [0.717, 1.165) is 17.8 Å². The summed E-state index contributed by atoms with van der Waals surface area (Å²) in [6.45, 7) is 3.82. The minimum atomic E-state index is -0.154. The Hall–Kier alpha value is -2.70. The number of fused-ring (bicyclic) bond motifs is 1. The number of aromatic nitrogens is 4. The number of nitrogens with zero attached hydrogens (tertiary/aromatic N) is 4. The minimum Gasteiger partial charge on any atom is -0.361 e. The zero-order valence-corrected chi connectivity index (χ0v) is 12.5. The number of carbonyl (C=O) groups is 1. The van der Waals surface area contributed by atoms with E-state index in [1.54, 1.807) is 12.3 Å². The van der Waals surface area contributed by atoms with Crippen LogP contribution < -0.4 is 5.32 Å². The Bertz CT molecular complexity index is 759. The van der Waals surface area contributed by atoms with Gasteiger partial charge >= 0.3 is 0 Å². The third-order valence-corrected chi connectivity index (χ3v) is 3.37. The standard InChI is InChI=1S/C15H17N5O2/c1-3-12(13-9-20-6-4-5-16-15(20)18-13)17-14(21)8-11-7-10(2)19-22-11/h4-7,9,12H,3,8H2,1-2H3,(H,17,21). The smallest absolute Gasteiger partial charge is 0.233 e. The lowest BCUT2D eigenvalue weighted by atomic mass is 10.1. The fraction of sp³-hybridized carbons (Fsp3) is 0.333. The molecule has 7 nitrogen and oxygen atoms in total. The van der Waals surface area contributed by atoms with E-state index >= 15 is 0 Å². The van der Waals surface area contributed by atoms with Crippen LogP contribution in [0.25, 0.3) is 5.78 Å². The van der Waals surface area contributed by atoms with E-state index < -0.39 is 0 Å². The Morgan fingerprint density at radius 1 is 1.50 bits per heavy atom. The van der Waals surface area contributed by atoms with Crippen molar-refractivity contribution in [2.24, 2.45) is 0 Å². The SMILES string of the molecule is CCC(NC(=O)Cc1cc(C)no1)c1cn2cccnc2n1. The van der Waals surface area contributed by atoms with Gasteiger partial charge in [-0.3, -0.25) is 9.20 Å². The summed E-state index contributed by atoms with van der Waals surface area (Å²) in [5.41, 5.74) is 1.56. The zero-order chi connectivity index (χ0) is 15.5. The van der Waals surface area contributed by atoms with Crippen LogP contribution in [0.1, 0.15) is 36.5 Å². The lowest BCUT2D eigenvalue weighted by Gasteiger charge is -2.13. The highest BCUT2D eigenvalue weighted by Gasteiger charge is 2.17. The molecule has 3 aromatic heterocycles. The van der Waals surface area contributed by atoms with Gasteiger partial charge < -0.3 is 9.84 Å². The molecule has 0 saturated heterocycles. The molecular weight excluding hydrogens is 282 g/mol. The molecule has 0 aliphatic heterocycles. The Morgan fingerprint density at radius 3 is 3.05 bits per heavy atom. The van der Waals surface area contributed by atoms with Crippen molar-refractivity contribution in [3.05, 3.63) is 47.9 Å². The van der Waals surface area contributed by atoms with Crippen LogP contribution in [0.4, 0.5) is 0 Å². The summed E-state index contributed by atoms with van der Waals surface area (Å²) in [4.78, 5) is 20.8. The van der Waals surface area contributed by atoms with Gasteiger partial charge in [0.2, 0.25) is 11.7 Å². The number of hydrogen-bond donors (Lipinski definition) is 1. The molecule has 0 fully saturated rings. The van der Waals surface area contributed by atoms with Gasteiger partial charge in [-0.25, -0.2) is 9.97 Å². The van der Waals surface area contributed by atoms with Crippen molar-refractivity contribution in [1.82, 2.24) is 24.8 Å². The van der Waals surface area contributed by atoms with Gasteiger partial charge in [0.25, 0.3) is 0 Å². The highest BCUT2D eigenvalue weighted by atomic mass is 16.5. The van der Waals surface area contributed by atoms with Crippen molar-refractivity contribution in [3.63, 3.8) is 0 Å². The average Bonchev–Trinajstić information content (AvgIpc) is 3.10. The van der Waals surface area contributed by atoms with Crippen molar-refractivity contribution >= 4 is 11.7 Å². The summed E-state index contributed by atoms with van der Waals surface area (Å²) in [5, 5.41) is 6.75. The maximum absolute atomic E-state index is 12.1. The first kappa shape index (κ1) is 14.2. The van der Waals surface area contributed by atoms with E-state index in [2.05, 4.69) is 20.4 Å². The first-order valence-electron chi connectivity index (χ1n) is 7.17. The number of rotatable bonds is 5. The summed E-state index contributed by atoms with van der Waals surface area (Å²) in [6, 6.07) is 3.44. The monoisotopic (exact) mass is 299 g/mol. The molecule has 3 rings (SSSR count). The van der Waals surface area contributed by atoms with E-state index in [9.17, 15) is 4.79 Å². The van der Waals surface area contributed by atoms with Crippen LogP contribution in [-0.4, -0.2) is 25.4 Å². The molecule has 1 atom stereocenters. The molecule has 3 aromatic rings. The molecule has 0 aliphatic carbocycles. The summed E-state index contributed by atoms with van der Waals surface area (Å²) in [6.07, 6.45) is 6.37. The summed E-state index contributed by atoms with van der Waals surface area (Å²) >= 11 is 0. The predicted molar refractivity (Wildman–Crippen MR) is 79.1 cm³/mol. The first-order chi connectivity index (χ1) is 10.7. The minimum absolute atomic E-state index is 0.118. The summed E-state index contributed by atoms with van der Waals surface area (Å²) in [5.74, 6) is 1.06. The second-order valence-corrected chi connectivity index (χ2v) is 5.13. The highest BCUT2D eigenvalue weighted by molar-refractivity contribution is 5.78. The third kappa shape index (κ3) is 2.98. The fourth-order valence-electron chi connectivity index (χ4n) is 2.30. The van der Waals surface area contributed by atoms with Gasteiger partial charge in [0.15, 0.2) is 0 Å². The van der Waals surface area contributed by atoms with Crippen molar-refractivity contribution < 1.29 is 9.32 Å². The molecule has 0 bridgehead atoms. The second-order valence-electron chi connectivity index (χ2n) is 5.13. The highest BCUT2D eigenvalue weighted by Crippen LogP contribution is 2.16. The quantitative estimate of drug-likeness (QED) is 0.777. The van der Waals surface area contributed by atoms with E-state index in [1.165, 1.54) is 0 Å². The van der Waals surface area contributed by atoms with Gasteiger partial charge in [-0.1, -0.05) is 12.1 Å². The Labute approximate surface area is 127 Å². The summed E-state index contributed by atoms with van der Waals surface area (Å²) in [7, 11) is 0.